The topological polar surface area (TPSA) is 70.2 Å². The van der Waals surface area contributed by atoms with Crippen LogP contribution in [0.2, 0.25) is 0 Å². The molecule has 4 nitrogen and oxygen atoms in total. The predicted molar refractivity (Wildman–Crippen MR) is 70.4 cm³/mol. The number of aromatic carboxylic acids is 1. The molecule has 0 amide bonds. The first kappa shape index (κ1) is 12.4. The minimum atomic E-state index is -1.18. The normalized spacial score (nSPS) is 11.1. The molecule has 94 valence electrons. The van der Waals surface area contributed by atoms with Crippen LogP contribution in [0, 0.1) is 6.92 Å². The Hall–Kier alpha value is -2.10. The summed E-state index contributed by atoms with van der Waals surface area (Å²) in [6, 6.07) is 5.61. The number of carbonyl (C=O) groups is 1. The zero-order valence-corrected chi connectivity index (χ0v) is 10.6. The number of aryl methyl sites for hydroxylation is 1. The second kappa shape index (κ2) is 4.29. The summed E-state index contributed by atoms with van der Waals surface area (Å²) < 4.78 is 0. The Morgan fingerprint density at radius 2 is 2.00 bits per heavy atom. The molecule has 1 aromatic heterocycles. The van der Waals surface area contributed by atoms with Crippen molar-refractivity contribution in [1.29, 1.82) is 0 Å². The number of rotatable bonds is 2. The second-order valence-electron chi connectivity index (χ2n) is 4.75. The second-order valence-corrected chi connectivity index (χ2v) is 4.75. The molecule has 0 aliphatic heterocycles. The van der Waals surface area contributed by atoms with Crippen molar-refractivity contribution in [2.45, 2.75) is 26.7 Å². The number of hydrogen-bond acceptors (Lipinski definition) is 2. The van der Waals surface area contributed by atoms with Gasteiger partial charge in [0.05, 0.1) is 0 Å². The van der Waals surface area contributed by atoms with Gasteiger partial charge in [0.15, 0.2) is 0 Å². The van der Waals surface area contributed by atoms with Gasteiger partial charge in [-0.3, -0.25) is 4.79 Å². The van der Waals surface area contributed by atoms with Crippen molar-refractivity contribution in [2.24, 2.45) is 0 Å². The van der Waals surface area contributed by atoms with Gasteiger partial charge in [0, 0.05) is 10.9 Å². The van der Waals surface area contributed by atoms with Gasteiger partial charge in [-0.2, -0.15) is 0 Å². The number of benzene rings is 1. The van der Waals surface area contributed by atoms with Crippen molar-refractivity contribution in [3.8, 4) is 0 Å². The SMILES string of the molecule is Cc1ccc2[nH]c(=O)c(C(=O)O)c(C(C)C)c2c1. The minimum Gasteiger partial charge on any atom is -0.477 e. The molecule has 18 heavy (non-hydrogen) atoms. The third-order valence-corrected chi connectivity index (χ3v) is 3.00. The zero-order chi connectivity index (χ0) is 13.4. The molecule has 1 heterocycles. The lowest BCUT2D eigenvalue weighted by molar-refractivity contribution is 0.0693. The quantitative estimate of drug-likeness (QED) is 0.854. The van der Waals surface area contributed by atoms with Crippen LogP contribution >= 0.6 is 0 Å². The van der Waals surface area contributed by atoms with Crippen molar-refractivity contribution in [3.63, 3.8) is 0 Å². The summed E-state index contributed by atoms with van der Waals surface area (Å²) in [5, 5.41) is 10.0. The largest absolute Gasteiger partial charge is 0.477 e. The van der Waals surface area contributed by atoms with E-state index in [0.717, 1.165) is 10.9 Å². The summed E-state index contributed by atoms with van der Waals surface area (Å²) in [4.78, 5) is 25.7. The van der Waals surface area contributed by atoms with Crippen LogP contribution in [0.25, 0.3) is 10.9 Å². The Labute approximate surface area is 104 Å². The Kier molecular flexibility index (Phi) is 2.95. The van der Waals surface area contributed by atoms with E-state index in [-0.39, 0.29) is 11.5 Å². The van der Waals surface area contributed by atoms with Crippen molar-refractivity contribution in [3.05, 3.63) is 45.2 Å². The van der Waals surface area contributed by atoms with Crippen LogP contribution in [-0.4, -0.2) is 16.1 Å². The average Bonchev–Trinajstić information content (AvgIpc) is 2.27. The van der Waals surface area contributed by atoms with Crippen LogP contribution in [0.1, 0.15) is 41.3 Å². The van der Waals surface area contributed by atoms with E-state index in [0.29, 0.717) is 11.1 Å². The van der Waals surface area contributed by atoms with Crippen LogP contribution in [-0.2, 0) is 0 Å². The fraction of sp³-hybridized carbons (Fsp3) is 0.286. The van der Waals surface area contributed by atoms with Gasteiger partial charge in [0.2, 0.25) is 0 Å². The smallest absolute Gasteiger partial charge is 0.341 e. The number of nitrogens with one attached hydrogen (secondary N) is 1. The van der Waals surface area contributed by atoms with E-state index in [9.17, 15) is 14.7 Å². The molecule has 2 N–H and O–H groups in total. The summed E-state index contributed by atoms with van der Waals surface area (Å²) in [5.41, 5.74) is 1.63. The number of aromatic amines is 1. The van der Waals surface area contributed by atoms with E-state index in [1.807, 2.05) is 39.0 Å². The highest BCUT2D eigenvalue weighted by Crippen LogP contribution is 2.26. The monoisotopic (exact) mass is 245 g/mol. The van der Waals surface area contributed by atoms with E-state index in [2.05, 4.69) is 4.98 Å². The Morgan fingerprint density at radius 3 is 2.56 bits per heavy atom. The highest BCUT2D eigenvalue weighted by molar-refractivity contribution is 5.96. The molecule has 2 aromatic rings. The summed E-state index contributed by atoms with van der Waals surface area (Å²) in [6.07, 6.45) is 0. The van der Waals surface area contributed by atoms with E-state index in [1.54, 1.807) is 0 Å². The standard InChI is InChI=1S/C14H15NO3/c1-7(2)11-9-6-8(3)4-5-10(9)15-13(16)12(11)14(17)18/h4-7H,1-3H3,(H,15,16)(H,17,18). The number of carboxylic acid groups (broad SMARTS) is 1. The van der Waals surface area contributed by atoms with Gasteiger partial charge in [0.1, 0.15) is 5.56 Å². The van der Waals surface area contributed by atoms with E-state index >= 15 is 0 Å². The molecular weight excluding hydrogens is 230 g/mol. The summed E-state index contributed by atoms with van der Waals surface area (Å²) in [6.45, 7) is 5.72. The van der Waals surface area contributed by atoms with Crippen LogP contribution in [0.4, 0.5) is 0 Å². The van der Waals surface area contributed by atoms with Gasteiger partial charge in [0.25, 0.3) is 5.56 Å². The third kappa shape index (κ3) is 1.90. The number of aromatic nitrogens is 1. The first-order chi connectivity index (χ1) is 8.41. The maximum Gasteiger partial charge on any atom is 0.341 e. The lowest BCUT2D eigenvalue weighted by atomic mass is 9.93. The van der Waals surface area contributed by atoms with Crippen molar-refractivity contribution < 1.29 is 9.90 Å². The molecule has 0 saturated carbocycles. The fourth-order valence-electron chi connectivity index (χ4n) is 2.24. The highest BCUT2D eigenvalue weighted by atomic mass is 16.4. The molecule has 0 atom stereocenters. The molecule has 0 spiro atoms. The van der Waals surface area contributed by atoms with Gasteiger partial charge >= 0.3 is 5.97 Å². The average molecular weight is 245 g/mol. The van der Waals surface area contributed by atoms with Crippen LogP contribution in [0.3, 0.4) is 0 Å². The van der Waals surface area contributed by atoms with Crippen molar-refractivity contribution in [2.75, 3.05) is 0 Å². The predicted octanol–water partition coefficient (Wildman–Crippen LogP) is 2.66. The van der Waals surface area contributed by atoms with E-state index in [4.69, 9.17) is 0 Å². The van der Waals surface area contributed by atoms with Crippen molar-refractivity contribution in [1.82, 2.24) is 4.98 Å². The lowest BCUT2D eigenvalue weighted by Gasteiger charge is -2.13. The molecule has 0 unspecified atom stereocenters. The van der Waals surface area contributed by atoms with Crippen LogP contribution in [0.5, 0.6) is 0 Å². The van der Waals surface area contributed by atoms with Gasteiger partial charge in [-0.1, -0.05) is 25.5 Å². The molecule has 0 radical (unpaired) electrons. The number of pyridine rings is 1. The number of fused-ring (bicyclic) bond motifs is 1. The first-order valence-corrected chi connectivity index (χ1v) is 5.81. The molecule has 0 aliphatic carbocycles. The fourth-order valence-corrected chi connectivity index (χ4v) is 2.24. The molecule has 1 aromatic carbocycles. The molecule has 0 saturated heterocycles. The Morgan fingerprint density at radius 1 is 1.33 bits per heavy atom. The highest BCUT2D eigenvalue weighted by Gasteiger charge is 2.20. The van der Waals surface area contributed by atoms with Crippen molar-refractivity contribution >= 4 is 16.9 Å². The maximum atomic E-state index is 11.8. The summed E-state index contributed by atoms with van der Waals surface area (Å²) >= 11 is 0. The molecular formula is C14H15NO3. The van der Waals surface area contributed by atoms with Crippen LogP contribution < -0.4 is 5.56 Å². The minimum absolute atomic E-state index is 0.0253. The Balaban J connectivity index is 3.01. The molecule has 0 aliphatic rings. The van der Waals surface area contributed by atoms with Gasteiger partial charge in [-0.15, -0.1) is 0 Å². The number of H-pyrrole nitrogens is 1. The third-order valence-electron chi connectivity index (χ3n) is 3.00. The number of hydrogen-bond donors (Lipinski definition) is 2. The molecule has 2 rings (SSSR count). The Bertz CT molecular complexity index is 683. The van der Waals surface area contributed by atoms with Gasteiger partial charge in [-0.25, -0.2) is 4.79 Å². The van der Waals surface area contributed by atoms with E-state index < -0.39 is 11.5 Å². The number of carboxylic acids is 1. The summed E-state index contributed by atoms with van der Waals surface area (Å²) in [5.74, 6) is -1.20. The van der Waals surface area contributed by atoms with Crippen LogP contribution in [0.15, 0.2) is 23.0 Å². The first-order valence-electron chi connectivity index (χ1n) is 5.81. The van der Waals surface area contributed by atoms with E-state index in [1.165, 1.54) is 0 Å². The van der Waals surface area contributed by atoms with Gasteiger partial charge in [-0.05, 0) is 30.5 Å². The van der Waals surface area contributed by atoms with Gasteiger partial charge < -0.3 is 10.1 Å². The zero-order valence-electron chi connectivity index (χ0n) is 10.6. The maximum absolute atomic E-state index is 11.8. The lowest BCUT2D eigenvalue weighted by Crippen LogP contribution is -2.21. The molecule has 4 heteroatoms. The molecule has 0 fully saturated rings. The molecule has 0 bridgehead atoms. The summed E-state index contributed by atoms with van der Waals surface area (Å²) in [7, 11) is 0.